The molecule has 0 radical (unpaired) electrons. The minimum Gasteiger partial charge on any atom is -0.396 e. The molecule has 90 valence electrons. The molecule has 3 nitrogen and oxygen atoms in total. The fraction of sp³-hybridized carbons (Fsp3) is 0.455. The first-order chi connectivity index (χ1) is 7.44. The normalized spacial score (nSPS) is 13.7. The van der Waals surface area contributed by atoms with Crippen molar-refractivity contribution in [2.24, 2.45) is 0 Å². The number of hydrogen-bond donors (Lipinski definition) is 1. The molecule has 0 aliphatic rings. The van der Waals surface area contributed by atoms with Crippen LogP contribution in [0.5, 0.6) is 0 Å². The number of rotatable bonds is 5. The summed E-state index contributed by atoms with van der Waals surface area (Å²) in [7, 11) is -2.98. The Morgan fingerprint density at radius 3 is 2.50 bits per heavy atom. The van der Waals surface area contributed by atoms with Crippen molar-refractivity contribution in [1.29, 1.82) is 0 Å². The highest BCUT2D eigenvalue weighted by Crippen LogP contribution is 2.27. The predicted octanol–water partition coefficient (Wildman–Crippen LogP) is 1.96. The zero-order chi connectivity index (χ0) is 12.2. The lowest BCUT2D eigenvalue weighted by Gasteiger charge is -2.15. The van der Waals surface area contributed by atoms with E-state index in [1.165, 1.54) is 6.26 Å². The van der Waals surface area contributed by atoms with Crippen LogP contribution in [0, 0.1) is 0 Å². The molecule has 1 aromatic rings. The summed E-state index contributed by atoms with van der Waals surface area (Å²) in [5.41, 5.74) is 0.952. The molecule has 1 rings (SSSR count). The van der Waals surface area contributed by atoms with Gasteiger partial charge in [-0.25, -0.2) is 8.42 Å². The predicted molar refractivity (Wildman–Crippen MR) is 68.3 cm³/mol. The summed E-state index contributed by atoms with van der Waals surface area (Å²) in [5, 5.41) is 9.29. The molecular weight excluding hydrogens is 292 g/mol. The Labute approximate surface area is 105 Å². The van der Waals surface area contributed by atoms with Gasteiger partial charge in [0.1, 0.15) is 9.84 Å². The van der Waals surface area contributed by atoms with E-state index in [9.17, 15) is 13.5 Å². The second-order valence-electron chi connectivity index (χ2n) is 3.82. The molecular formula is C11H15BrO3S. The quantitative estimate of drug-likeness (QED) is 0.905. The topological polar surface area (TPSA) is 54.4 Å². The summed E-state index contributed by atoms with van der Waals surface area (Å²) in [6.07, 6.45) is 1.65. The molecule has 16 heavy (non-hydrogen) atoms. The lowest BCUT2D eigenvalue weighted by Crippen LogP contribution is -2.12. The molecule has 1 unspecified atom stereocenters. The van der Waals surface area contributed by atoms with Gasteiger partial charge in [-0.15, -0.1) is 0 Å². The molecule has 0 bridgehead atoms. The summed E-state index contributed by atoms with van der Waals surface area (Å²) in [6.45, 7) is -0.0435. The molecule has 1 N–H and O–H groups in total. The van der Waals surface area contributed by atoms with E-state index < -0.39 is 9.84 Å². The van der Waals surface area contributed by atoms with Gasteiger partial charge in [0.25, 0.3) is 0 Å². The van der Waals surface area contributed by atoms with Crippen LogP contribution in [-0.2, 0) is 9.84 Å². The van der Waals surface area contributed by atoms with Crippen molar-refractivity contribution < 1.29 is 13.5 Å². The van der Waals surface area contributed by atoms with Gasteiger partial charge < -0.3 is 5.11 Å². The molecule has 0 saturated carbocycles. The average molecular weight is 307 g/mol. The van der Waals surface area contributed by atoms with Crippen molar-refractivity contribution in [2.75, 3.05) is 18.6 Å². The minimum absolute atomic E-state index is 0.0435. The third-order valence-electron chi connectivity index (χ3n) is 2.40. The van der Waals surface area contributed by atoms with E-state index in [4.69, 9.17) is 0 Å². The van der Waals surface area contributed by atoms with E-state index >= 15 is 0 Å². The molecule has 0 aliphatic carbocycles. The molecule has 0 saturated heterocycles. The van der Waals surface area contributed by atoms with Crippen molar-refractivity contribution in [1.82, 2.24) is 0 Å². The number of sulfone groups is 1. The number of aliphatic hydroxyl groups is 1. The molecule has 1 atom stereocenters. The van der Waals surface area contributed by atoms with Crippen LogP contribution in [0.15, 0.2) is 28.7 Å². The van der Waals surface area contributed by atoms with Gasteiger partial charge in [0.2, 0.25) is 0 Å². The van der Waals surface area contributed by atoms with Crippen LogP contribution in [0.1, 0.15) is 17.9 Å². The van der Waals surface area contributed by atoms with E-state index in [2.05, 4.69) is 15.9 Å². The summed E-state index contributed by atoms with van der Waals surface area (Å²) < 4.78 is 23.1. The number of halogens is 1. The summed E-state index contributed by atoms with van der Waals surface area (Å²) >= 11 is 3.40. The first-order valence-corrected chi connectivity index (χ1v) is 7.82. The first-order valence-electron chi connectivity index (χ1n) is 4.97. The molecule has 0 heterocycles. The molecule has 0 amide bonds. The van der Waals surface area contributed by atoms with Crippen LogP contribution in [0.4, 0.5) is 0 Å². The zero-order valence-corrected chi connectivity index (χ0v) is 11.5. The molecule has 0 spiro atoms. The fourth-order valence-corrected chi connectivity index (χ4v) is 2.83. The largest absolute Gasteiger partial charge is 0.396 e. The first kappa shape index (κ1) is 13.7. The monoisotopic (exact) mass is 306 g/mol. The lowest BCUT2D eigenvalue weighted by atomic mass is 9.98. The van der Waals surface area contributed by atoms with Crippen LogP contribution < -0.4 is 0 Å². The summed E-state index contributed by atoms with van der Waals surface area (Å²) in [4.78, 5) is 0. The average Bonchev–Trinajstić information content (AvgIpc) is 2.20. The van der Waals surface area contributed by atoms with Crippen LogP contribution in [0.25, 0.3) is 0 Å². The van der Waals surface area contributed by atoms with Gasteiger partial charge in [-0.3, -0.25) is 0 Å². The van der Waals surface area contributed by atoms with E-state index in [1.807, 2.05) is 24.3 Å². The lowest BCUT2D eigenvalue weighted by molar-refractivity contribution is 0.262. The van der Waals surface area contributed by atoms with Crippen molar-refractivity contribution in [3.05, 3.63) is 34.3 Å². The SMILES string of the molecule is CS(=O)(=O)CCC(CO)c1ccccc1Br. The van der Waals surface area contributed by atoms with E-state index in [-0.39, 0.29) is 18.3 Å². The summed E-state index contributed by atoms with van der Waals surface area (Å²) in [6, 6.07) is 7.55. The molecule has 0 aliphatic heterocycles. The Balaban J connectivity index is 2.79. The highest BCUT2D eigenvalue weighted by atomic mass is 79.9. The van der Waals surface area contributed by atoms with E-state index in [0.717, 1.165) is 10.0 Å². The molecule has 0 fully saturated rings. The van der Waals surface area contributed by atoms with Crippen LogP contribution >= 0.6 is 15.9 Å². The maximum atomic E-state index is 11.1. The molecule has 1 aromatic carbocycles. The van der Waals surface area contributed by atoms with Gasteiger partial charge in [0.05, 0.1) is 5.75 Å². The number of benzene rings is 1. The van der Waals surface area contributed by atoms with Crippen LogP contribution in [-0.4, -0.2) is 32.1 Å². The van der Waals surface area contributed by atoms with Gasteiger partial charge in [-0.1, -0.05) is 34.1 Å². The van der Waals surface area contributed by atoms with Crippen molar-refractivity contribution in [2.45, 2.75) is 12.3 Å². The number of hydrogen-bond acceptors (Lipinski definition) is 3. The van der Waals surface area contributed by atoms with Crippen molar-refractivity contribution >= 4 is 25.8 Å². The second-order valence-corrected chi connectivity index (χ2v) is 6.93. The molecule has 0 aromatic heterocycles. The van der Waals surface area contributed by atoms with Gasteiger partial charge in [0.15, 0.2) is 0 Å². The van der Waals surface area contributed by atoms with Gasteiger partial charge in [0, 0.05) is 23.3 Å². The standard InChI is InChI=1S/C11H15BrO3S/c1-16(14,15)7-6-9(8-13)10-4-2-3-5-11(10)12/h2-5,9,13H,6-8H2,1H3. The second kappa shape index (κ2) is 5.80. The zero-order valence-electron chi connectivity index (χ0n) is 9.06. The van der Waals surface area contributed by atoms with Gasteiger partial charge >= 0.3 is 0 Å². The smallest absolute Gasteiger partial charge is 0.147 e. The Morgan fingerprint density at radius 1 is 1.38 bits per heavy atom. The molecule has 5 heteroatoms. The van der Waals surface area contributed by atoms with Crippen molar-refractivity contribution in [3.8, 4) is 0 Å². The van der Waals surface area contributed by atoms with E-state index in [1.54, 1.807) is 0 Å². The summed E-state index contributed by atoms with van der Waals surface area (Å²) in [5.74, 6) is -0.0372. The third kappa shape index (κ3) is 4.23. The maximum absolute atomic E-state index is 11.1. The Morgan fingerprint density at radius 2 is 2.00 bits per heavy atom. The van der Waals surface area contributed by atoms with Gasteiger partial charge in [-0.05, 0) is 18.1 Å². The Bertz CT molecular complexity index is 442. The van der Waals surface area contributed by atoms with Crippen LogP contribution in [0.3, 0.4) is 0 Å². The highest BCUT2D eigenvalue weighted by Gasteiger charge is 2.15. The van der Waals surface area contributed by atoms with Crippen LogP contribution in [0.2, 0.25) is 0 Å². The maximum Gasteiger partial charge on any atom is 0.147 e. The third-order valence-corrected chi connectivity index (χ3v) is 4.10. The highest BCUT2D eigenvalue weighted by molar-refractivity contribution is 9.10. The van der Waals surface area contributed by atoms with E-state index in [0.29, 0.717) is 6.42 Å². The Hall–Kier alpha value is -0.390. The van der Waals surface area contributed by atoms with Gasteiger partial charge in [-0.2, -0.15) is 0 Å². The minimum atomic E-state index is -2.98. The number of aliphatic hydroxyl groups excluding tert-OH is 1. The van der Waals surface area contributed by atoms with Crippen molar-refractivity contribution in [3.63, 3.8) is 0 Å². The fourth-order valence-electron chi connectivity index (χ4n) is 1.51. The Kier molecular flexibility index (Phi) is 4.95.